The summed E-state index contributed by atoms with van der Waals surface area (Å²) < 4.78 is 5.36. The van der Waals surface area contributed by atoms with Crippen molar-refractivity contribution in [3.8, 4) is 5.75 Å². The molecule has 86 valence electrons. The van der Waals surface area contributed by atoms with E-state index in [1.165, 1.54) is 12.8 Å². The minimum atomic E-state index is 0.205. The first-order chi connectivity index (χ1) is 7.81. The van der Waals surface area contributed by atoms with Crippen LogP contribution in [-0.4, -0.2) is 13.3 Å². The number of nitrogens with zero attached hydrogens (tertiary/aromatic N) is 1. The number of benzene rings is 1. The maximum atomic E-state index is 6.03. The van der Waals surface area contributed by atoms with Crippen molar-refractivity contribution in [3.63, 3.8) is 0 Å². The lowest BCUT2D eigenvalue weighted by Crippen LogP contribution is -1.98. The molecule has 2 nitrogen and oxygen atoms in total. The maximum Gasteiger partial charge on any atom is 0.124 e. The number of ether oxygens (including phenoxy) is 1. The molecule has 1 aromatic carbocycles. The highest BCUT2D eigenvalue weighted by molar-refractivity contribution is 6.30. The van der Waals surface area contributed by atoms with Crippen molar-refractivity contribution >= 4 is 17.8 Å². The predicted molar refractivity (Wildman–Crippen MR) is 67.7 cm³/mol. The Morgan fingerprint density at radius 1 is 1.38 bits per heavy atom. The van der Waals surface area contributed by atoms with Crippen LogP contribution in [-0.2, 0) is 0 Å². The number of halogens is 1. The molecular formula is C13H16ClNO. The lowest BCUT2D eigenvalue weighted by atomic mass is 10.0. The van der Waals surface area contributed by atoms with Crippen molar-refractivity contribution < 1.29 is 4.74 Å². The molecule has 1 atom stereocenters. The fourth-order valence-electron chi connectivity index (χ4n) is 2.05. The van der Waals surface area contributed by atoms with Crippen LogP contribution >= 0.6 is 11.6 Å². The lowest BCUT2D eigenvalue weighted by molar-refractivity contribution is 0.404. The van der Waals surface area contributed by atoms with Gasteiger partial charge in [0.25, 0.3) is 0 Å². The molecule has 0 amide bonds. The number of hydrogen-bond donors (Lipinski definition) is 0. The van der Waals surface area contributed by atoms with E-state index in [1.807, 2.05) is 24.4 Å². The topological polar surface area (TPSA) is 21.6 Å². The minimum Gasteiger partial charge on any atom is -0.496 e. The van der Waals surface area contributed by atoms with Crippen molar-refractivity contribution in [2.45, 2.75) is 31.7 Å². The van der Waals surface area contributed by atoms with E-state index >= 15 is 0 Å². The highest BCUT2D eigenvalue weighted by atomic mass is 35.5. The monoisotopic (exact) mass is 237 g/mol. The first-order valence-corrected chi connectivity index (χ1v) is 6.04. The van der Waals surface area contributed by atoms with Gasteiger partial charge < -0.3 is 4.74 Å². The van der Waals surface area contributed by atoms with Gasteiger partial charge in [0.05, 0.1) is 13.2 Å². The third-order valence-electron chi connectivity index (χ3n) is 2.90. The molecule has 0 aliphatic carbocycles. The van der Waals surface area contributed by atoms with Crippen molar-refractivity contribution in [2.75, 3.05) is 7.11 Å². The summed E-state index contributed by atoms with van der Waals surface area (Å²) >= 11 is 6.03. The van der Waals surface area contributed by atoms with Crippen LogP contribution in [0.2, 0.25) is 5.02 Å². The second-order valence-electron chi connectivity index (χ2n) is 4.02. The summed E-state index contributed by atoms with van der Waals surface area (Å²) in [5, 5.41) is 0.746. The van der Waals surface area contributed by atoms with E-state index in [4.69, 9.17) is 16.3 Å². The molecular weight excluding hydrogens is 222 g/mol. The summed E-state index contributed by atoms with van der Waals surface area (Å²) in [5.41, 5.74) is 1.10. The van der Waals surface area contributed by atoms with E-state index in [0.29, 0.717) is 0 Å². The van der Waals surface area contributed by atoms with Gasteiger partial charge in [-0.2, -0.15) is 0 Å². The third-order valence-corrected chi connectivity index (χ3v) is 3.13. The SMILES string of the molecule is COc1ccc(Cl)cc1C1CCCCC=N1. The van der Waals surface area contributed by atoms with Crippen LogP contribution in [0.3, 0.4) is 0 Å². The molecule has 1 unspecified atom stereocenters. The lowest BCUT2D eigenvalue weighted by Gasteiger charge is -2.15. The Labute approximate surface area is 101 Å². The van der Waals surface area contributed by atoms with Crippen LogP contribution in [0.1, 0.15) is 37.3 Å². The molecule has 16 heavy (non-hydrogen) atoms. The average Bonchev–Trinajstić information content (AvgIpc) is 2.57. The molecule has 1 aromatic rings. The smallest absolute Gasteiger partial charge is 0.124 e. The van der Waals surface area contributed by atoms with Gasteiger partial charge in [-0.15, -0.1) is 0 Å². The predicted octanol–water partition coefficient (Wildman–Crippen LogP) is 4.03. The van der Waals surface area contributed by atoms with Gasteiger partial charge in [0.1, 0.15) is 5.75 Å². The Morgan fingerprint density at radius 2 is 2.25 bits per heavy atom. The second-order valence-corrected chi connectivity index (χ2v) is 4.45. The zero-order chi connectivity index (χ0) is 11.4. The summed E-state index contributed by atoms with van der Waals surface area (Å²) in [6.45, 7) is 0. The number of methoxy groups -OCH3 is 1. The Kier molecular flexibility index (Phi) is 3.83. The molecule has 2 rings (SSSR count). The van der Waals surface area contributed by atoms with Gasteiger partial charge in [0, 0.05) is 10.6 Å². The zero-order valence-electron chi connectivity index (χ0n) is 9.45. The number of rotatable bonds is 2. The van der Waals surface area contributed by atoms with Crippen LogP contribution in [0.5, 0.6) is 5.75 Å². The Hall–Kier alpha value is -1.02. The van der Waals surface area contributed by atoms with Crippen molar-refractivity contribution in [2.24, 2.45) is 4.99 Å². The first-order valence-electron chi connectivity index (χ1n) is 5.66. The van der Waals surface area contributed by atoms with Crippen molar-refractivity contribution in [1.29, 1.82) is 0 Å². The minimum absolute atomic E-state index is 0.205. The second kappa shape index (κ2) is 5.35. The molecule has 0 bridgehead atoms. The van der Waals surface area contributed by atoms with Gasteiger partial charge in [0.2, 0.25) is 0 Å². The van der Waals surface area contributed by atoms with Gasteiger partial charge in [-0.1, -0.05) is 18.0 Å². The van der Waals surface area contributed by atoms with E-state index in [1.54, 1.807) is 7.11 Å². The normalized spacial score (nSPS) is 20.5. The third kappa shape index (κ3) is 2.56. The average molecular weight is 238 g/mol. The van der Waals surface area contributed by atoms with E-state index in [0.717, 1.165) is 29.2 Å². The standard InChI is InChI=1S/C13H16ClNO/c1-16-13-7-6-10(14)9-11(13)12-5-3-2-4-8-15-12/h6-9,12H,2-5H2,1H3. The van der Waals surface area contributed by atoms with E-state index in [2.05, 4.69) is 4.99 Å². The molecule has 0 saturated heterocycles. The number of aliphatic imine (C=N–C) groups is 1. The molecule has 0 spiro atoms. The van der Waals surface area contributed by atoms with Gasteiger partial charge in [-0.05, 0) is 43.7 Å². The molecule has 3 heteroatoms. The summed E-state index contributed by atoms with van der Waals surface area (Å²) in [6.07, 6.45) is 6.62. The molecule has 0 fully saturated rings. The largest absolute Gasteiger partial charge is 0.496 e. The van der Waals surface area contributed by atoms with E-state index < -0.39 is 0 Å². The van der Waals surface area contributed by atoms with Crippen LogP contribution in [0, 0.1) is 0 Å². The molecule has 0 radical (unpaired) electrons. The summed E-state index contributed by atoms with van der Waals surface area (Å²) in [5.74, 6) is 0.883. The number of hydrogen-bond acceptors (Lipinski definition) is 2. The van der Waals surface area contributed by atoms with Crippen molar-refractivity contribution in [3.05, 3.63) is 28.8 Å². The highest BCUT2D eigenvalue weighted by Gasteiger charge is 2.16. The Bertz CT molecular complexity index is 390. The molecule has 0 saturated carbocycles. The van der Waals surface area contributed by atoms with Crippen LogP contribution in [0.15, 0.2) is 23.2 Å². The molecule has 1 aliphatic heterocycles. The maximum absolute atomic E-state index is 6.03. The van der Waals surface area contributed by atoms with Gasteiger partial charge >= 0.3 is 0 Å². The van der Waals surface area contributed by atoms with E-state index in [9.17, 15) is 0 Å². The summed E-state index contributed by atoms with van der Waals surface area (Å²) in [4.78, 5) is 4.58. The fourth-order valence-corrected chi connectivity index (χ4v) is 2.23. The van der Waals surface area contributed by atoms with Crippen LogP contribution in [0.4, 0.5) is 0 Å². The van der Waals surface area contributed by atoms with Crippen molar-refractivity contribution in [1.82, 2.24) is 0 Å². The van der Waals surface area contributed by atoms with Gasteiger partial charge in [-0.25, -0.2) is 0 Å². The fraction of sp³-hybridized carbons (Fsp3) is 0.462. The van der Waals surface area contributed by atoms with E-state index in [-0.39, 0.29) is 6.04 Å². The Morgan fingerprint density at radius 3 is 3.06 bits per heavy atom. The first kappa shape index (κ1) is 11.5. The summed E-state index contributed by atoms with van der Waals surface area (Å²) in [6, 6.07) is 5.94. The molecule has 1 heterocycles. The van der Waals surface area contributed by atoms with Gasteiger partial charge in [0.15, 0.2) is 0 Å². The summed E-state index contributed by atoms with van der Waals surface area (Å²) in [7, 11) is 1.69. The molecule has 1 aliphatic rings. The van der Waals surface area contributed by atoms with Gasteiger partial charge in [-0.3, -0.25) is 4.99 Å². The molecule has 0 N–H and O–H groups in total. The highest BCUT2D eigenvalue weighted by Crippen LogP contribution is 2.34. The van der Waals surface area contributed by atoms with Crippen LogP contribution in [0.25, 0.3) is 0 Å². The quantitative estimate of drug-likeness (QED) is 0.761. The van der Waals surface area contributed by atoms with Crippen LogP contribution < -0.4 is 4.74 Å². The zero-order valence-corrected chi connectivity index (χ0v) is 10.2. The Balaban J connectivity index is 2.32. The molecule has 0 aromatic heterocycles.